The predicted molar refractivity (Wildman–Crippen MR) is 59.1 cm³/mol. The van der Waals surface area contributed by atoms with Gasteiger partial charge >= 0.3 is 0 Å². The molecule has 0 bridgehead atoms. The van der Waals surface area contributed by atoms with Crippen LogP contribution >= 0.6 is 34.9 Å². The quantitative estimate of drug-likeness (QED) is 0.720. The Morgan fingerprint density at radius 2 is 2.17 bits per heavy atom. The molecule has 1 fully saturated rings. The van der Waals surface area contributed by atoms with E-state index < -0.39 is 0 Å². The normalized spacial score (nSPS) is 18.2. The topological polar surface area (TPSA) is 16.1 Å². The van der Waals surface area contributed by atoms with Crippen LogP contribution in [0.2, 0.25) is 0 Å². The Morgan fingerprint density at radius 1 is 1.42 bits per heavy atom. The van der Waals surface area contributed by atoms with E-state index >= 15 is 0 Å². The van der Waals surface area contributed by atoms with Crippen LogP contribution in [0.5, 0.6) is 0 Å². The van der Waals surface area contributed by atoms with Crippen LogP contribution in [0, 0.1) is 6.92 Å². The number of hydrogen-bond donors (Lipinski definition) is 0. The zero-order valence-corrected chi connectivity index (χ0v) is 9.27. The van der Waals surface area contributed by atoms with E-state index in [0.29, 0.717) is 0 Å². The highest BCUT2D eigenvalue weighted by atomic mass is 32.2. The Kier molecular flexibility index (Phi) is 2.83. The average molecular weight is 218 g/mol. The number of thioether (sulfide) groups is 2. The summed E-state index contributed by atoms with van der Waals surface area (Å²) in [6, 6.07) is 0. The highest BCUT2D eigenvalue weighted by Crippen LogP contribution is 2.29. The van der Waals surface area contributed by atoms with E-state index in [0.717, 1.165) is 17.4 Å². The number of thiazole rings is 1. The Bertz CT molecular complexity index is 255. The van der Waals surface area contributed by atoms with Crippen molar-refractivity contribution in [1.82, 2.24) is 4.98 Å². The zero-order chi connectivity index (χ0) is 8.39. The number of anilines is 1. The summed E-state index contributed by atoms with van der Waals surface area (Å²) in [5.74, 6) is 2.19. The van der Waals surface area contributed by atoms with Crippen LogP contribution in [-0.4, -0.2) is 21.8 Å². The highest BCUT2D eigenvalue weighted by molar-refractivity contribution is 8.16. The van der Waals surface area contributed by atoms with Gasteiger partial charge in [-0.25, -0.2) is 4.98 Å². The van der Waals surface area contributed by atoms with E-state index in [-0.39, 0.29) is 0 Å². The van der Waals surface area contributed by atoms with Crippen molar-refractivity contribution in [2.45, 2.75) is 6.92 Å². The van der Waals surface area contributed by atoms with E-state index in [1.807, 2.05) is 30.4 Å². The Hall–Kier alpha value is 0.130. The molecule has 2 heterocycles. The van der Waals surface area contributed by atoms with E-state index in [1.54, 1.807) is 11.3 Å². The van der Waals surface area contributed by atoms with Crippen LogP contribution < -0.4 is 4.90 Å². The van der Waals surface area contributed by atoms with Gasteiger partial charge in [0, 0.05) is 10.5 Å². The van der Waals surface area contributed by atoms with Gasteiger partial charge in [0.05, 0.1) is 17.4 Å². The second-order valence-corrected chi connectivity index (χ2v) is 5.71. The van der Waals surface area contributed by atoms with E-state index in [1.165, 1.54) is 10.2 Å². The van der Waals surface area contributed by atoms with Crippen molar-refractivity contribution in [3.63, 3.8) is 0 Å². The Balaban J connectivity index is 2.08. The molecule has 12 heavy (non-hydrogen) atoms. The van der Waals surface area contributed by atoms with Crippen molar-refractivity contribution in [2.75, 3.05) is 21.7 Å². The first-order chi connectivity index (χ1) is 5.86. The maximum atomic E-state index is 4.45. The molecule has 0 radical (unpaired) electrons. The molecule has 0 spiro atoms. The molecular formula is C7H10N2S3. The smallest absolute Gasteiger partial charge is 0.186 e. The fourth-order valence-electron chi connectivity index (χ4n) is 0.988. The summed E-state index contributed by atoms with van der Waals surface area (Å²) in [4.78, 5) is 6.78. The lowest BCUT2D eigenvalue weighted by atomic mass is 10.6. The molecular weight excluding hydrogens is 208 g/mol. The molecule has 1 saturated heterocycles. The zero-order valence-electron chi connectivity index (χ0n) is 6.82. The van der Waals surface area contributed by atoms with Gasteiger partial charge in [-0.2, -0.15) is 0 Å². The third-order valence-electron chi connectivity index (χ3n) is 1.54. The van der Waals surface area contributed by atoms with Crippen LogP contribution in [0.1, 0.15) is 5.69 Å². The van der Waals surface area contributed by atoms with Gasteiger partial charge in [-0.3, -0.25) is 0 Å². The van der Waals surface area contributed by atoms with Crippen molar-refractivity contribution >= 4 is 40.0 Å². The molecule has 1 aromatic rings. The van der Waals surface area contributed by atoms with Crippen LogP contribution in [0.25, 0.3) is 0 Å². The van der Waals surface area contributed by atoms with Crippen LogP contribution in [-0.2, 0) is 0 Å². The number of nitrogens with zero attached hydrogens (tertiary/aromatic N) is 2. The second kappa shape index (κ2) is 3.89. The van der Waals surface area contributed by atoms with E-state index in [2.05, 4.69) is 15.3 Å². The van der Waals surface area contributed by atoms with Gasteiger partial charge in [0.25, 0.3) is 0 Å². The van der Waals surface area contributed by atoms with Gasteiger partial charge in [0.1, 0.15) is 0 Å². The van der Waals surface area contributed by atoms with Crippen molar-refractivity contribution in [3.05, 3.63) is 11.1 Å². The van der Waals surface area contributed by atoms with Crippen LogP contribution in [0.3, 0.4) is 0 Å². The summed E-state index contributed by atoms with van der Waals surface area (Å²) in [6.07, 6.45) is 0. The summed E-state index contributed by atoms with van der Waals surface area (Å²) < 4.78 is 0. The molecule has 1 aromatic heterocycles. The van der Waals surface area contributed by atoms with Crippen LogP contribution in [0.15, 0.2) is 5.38 Å². The van der Waals surface area contributed by atoms with E-state index in [4.69, 9.17) is 0 Å². The Labute approximate surface area is 84.8 Å². The van der Waals surface area contributed by atoms with Gasteiger partial charge in [-0.1, -0.05) is 0 Å². The van der Waals surface area contributed by atoms with Crippen molar-refractivity contribution in [3.8, 4) is 0 Å². The minimum atomic E-state index is 1.10. The maximum absolute atomic E-state index is 4.45. The first-order valence-electron chi connectivity index (χ1n) is 3.69. The van der Waals surface area contributed by atoms with Gasteiger partial charge in [0.2, 0.25) is 0 Å². The molecule has 0 unspecified atom stereocenters. The lowest BCUT2D eigenvalue weighted by molar-refractivity contribution is 1.03. The minimum absolute atomic E-state index is 1.10. The molecule has 66 valence electrons. The third-order valence-corrected chi connectivity index (χ3v) is 4.88. The highest BCUT2D eigenvalue weighted by Gasteiger charge is 2.13. The summed E-state index contributed by atoms with van der Waals surface area (Å²) >= 11 is 5.67. The summed E-state index contributed by atoms with van der Waals surface area (Å²) in [5, 5.41) is 4.51. The largest absolute Gasteiger partial charge is 0.330 e. The van der Waals surface area contributed by atoms with Gasteiger partial charge in [-0.05, 0) is 6.92 Å². The summed E-state index contributed by atoms with van der Waals surface area (Å²) in [7, 11) is 0. The fourth-order valence-corrected chi connectivity index (χ4v) is 4.01. The number of hydrogen-bond acceptors (Lipinski definition) is 5. The molecule has 2 nitrogen and oxygen atoms in total. The molecule has 1 aliphatic rings. The minimum Gasteiger partial charge on any atom is -0.330 e. The Morgan fingerprint density at radius 3 is 2.75 bits per heavy atom. The number of aromatic nitrogens is 1. The van der Waals surface area contributed by atoms with E-state index in [9.17, 15) is 0 Å². The van der Waals surface area contributed by atoms with Crippen molar-refractivity contribution in [2.24, 2.45) is 0 Å². The fraction of sp³-hybridized carbons (Fsp3) is 0.571. The van der Waals surface area contributed by atoms with Crippen molar-refractivity contribution in [1.29, 1.82) is 0 Å². The molecule has 0 amide bonds. The first kappa shape index (κ1) is 8.72. The predicted octanol–water partition coefficient (Wildman–Crippen LogP) is 2.61. The molecule has 1 aliphatic heterocycles. The molecule has 5 heteroatoms. The SMILES string of the molecule is Cc1csc(N2CSCSC2)n1. The molecule has 0 atom stereocenters. The number of rotatable bonds is 1. The summed E-state index contributed by atoms with van der Waals surface area (Å²) in [5.41, 5.74) is 1.13. The molecule has 0 aliphatic carbocycles. The third kappa shape index (κ3) is 1.89. The molecule has 2 rings (SSSR count). The lowest BCUT2D eigenvalue weighted by Gasteiger charge is -2.24. The van der Waals surface area contributed by atoms with Gasteiger partial charge < -0.3 is 4.90 Å². The first-order valence-corrected chi connectivity index (χ1v) is 6.88. The van der Waals surface area contributed by atoms with Crippen LogP contribution in [0.4, 0.5) is 5.13 Å². The average Bonchev–Trinajstić information content (AvgIpc) is 2.54. The monoisotopic (exact) mass is 218 g/mol. The van der Waals surface area contributed by atoms with Gasteiger partial charge in [-0.15, -0.1) is 34.9 Å². The standard InChI is InChI=1S/C7H10N2S3/c1-6-2-12-7(8-6)9-3-10-5-11-4-9/h2H,3-5H2,1H3. The summed E-state index contributed by atoms with van der Waals surface area (Å²) in [6.45, 7) is 2.05. The molecule has 0 saturated carbocycles. The molecule has 0 aromatic carbocycles. The van der Waals surface area contributed by atoms with Gasteiger partial charge in [0.15, 0.2) is 5.13 Å². The lowest BCUT2D eigenvalue weighted by Crippen LogP contribution is -2.25. The molecule has 0 N–H and O–H groups in total. The van der Waals surface area contributed by atoms with Crippen molar-refractivity contribution < 1.29 is 0 Å². The second-order valence-electron chi connectivity index (χ2n) is 2.60. The maximum Gasteiger partial charge on any atom is 0.186 e. The number of aryl methyl sites for hydroxylation is 1.